The van der Waals surface area contributed by atoms with Crippen LogP contribution in [0.5, 0.6) is 0 Å². The average molecular weight is 253 g/mol. The molecular weight excluding hydrogens is 234 g/mol. The molecule has 0 spiro atoms. The lowest BCUT2D eigenvalue weighted by molar-refractivity contribution is 0.0519. The third-order valence-electron chi connectivity index (χ3n) is 3.07. The molecule has 2 rings (SSSR count). The molecule has 1 aliphatic heterocycles. The largest absolute Gasteiger partial charge is 0.461 e. The Bertz CT molecular complexity index is 397. The highest BCUT2D eigenvalue weighted by Gasteiger charge is 2.21. The molecule has 1 aliphatic rings. The fourth-order valence-corrected chi connectivity index (χ4v) is 1.96. The third kappa shape index (κ3) is 2.81. The summed E-state index contributed by atoms with van der Waals surface area (Å²) < 4.78 is 10.2. The van der Waals surface area contributed by atoms with Crippen LogP contribution in [-0.2, 0) is 4.74 Å². The maximum absolute atomic E-state index is 11.5. The van der Waals surface area contributed by atoms with E-state index in [1.165, 1.54) is 6.26 Å². The summed E-state index contributed by atoms with van der Waals surface area (Å²) in [6, 6.07) is 0.508. The first kappa shape index (κ1) is 12.9. The van der Waals surface area contributed by atoms with Crippen molar-refractivity contribution in [3.05, 3.63) is 12.0 Å². The number of carbonyl (C=O) groups excluding carboxylic acids is 1. The van der Waals surface area contributed by atoms with Crippen molar-refractivity contribution < 1.29 is 13.9 Å². The highest BCUT2D eigenvalue weighted by molar-refractivity contribution is 5.87. The predicted molar refractivity (Wildman–Crippen MR) is 66.8 cm³/mol. The molecule has 0 bridgehead atoms. The number of anilines is 1. The number of esters is 1. The SMILES string of the molecule is CCOC(=O)c1coc(N2CCN(CC)CC2)n1. The molecule has 1 saturated heterocycles. The van der Waals surface area contributed by atoms with Gasteiger partial charge in [0.15, 0.2) is 5.69 Å². The summed E-state index contributed by atoms with van der Waals surface area (Å²) in [5, 5.41) is 0. The van der Waals surface area contributed by atoms with Gasteiger partial charge in [-0.25, -0.2) is 4.79 Å². The molecule has 100 valence electrons. The van der Waals surface area contributed by atoms with Crippen molar-refractivity contribution in [2.75, 3.05) is 44.2 Å². The number of oxazole rings is 1. The van der Waals surface area contributed by atoms with Gasteiger partial charge in [-0.2, -0.15) is 4.98 Å². The molecular formula is C12H19N3O3. The minimum Gasteiger partial charge on any atom is -0.461 e. The minimum absolute atomic E-state index is 0.241. The van der Waals surface area contributed by atoms with Crippen molar-refractivity contribution in [2.45, 2.75) is 13.8 Å². The number of nitrogens with zero attached hydrogens (tertiary/aromatic N) is 3. The lowest BCUT2D eigenvalue weighted by Gasteiger charge is -2.32. The van der Waals surface area contributed by atoms with E-state index in [0.29, 0.717) is 12.6 Å². The molecule has 0 aliphatic carbocycles. The third-order valence-corrected chi connectivity index (χ3v) is 3.07. The van der Waals surface area contributed by atoms with Crippen LogP contribution < -0.4 is 4.90 Å². The molecule has 0 saturated carbocycles. The van der Waals surface area contributed by atoms with Crippen LogP contribution in [0.4, 0.5) is 6.01 Å². The van der Waals surface area contributed by atoms with Crippen LogP contribution in [0.1, 0.15) is 24.3 Å². The van der Waals surface area contributed by atoms with E-state index in [4.69, 9.17) is 9.15 Å². The molecule has 1 aromatic heterocycles. The van der Waals surface area contributed by atoms with E-state index in [0.717, 1.165) is 32.7 Å². The number of rotatable bonds is 4. The highest BCUT2D eigenvalue weighted by atomic mass is 16.5. The first-order valence-corrected chi connectivity index (χ1v) is 6.34. The summed E-state index contributed by atoms with van der Waals surface area (Å²) in [6.07, 6.45) is 1.36. The normalized spacial score (nSPS) is 16.9. The lowest BCUT2D eigenvalue weighted by atomic mass is 10.3. The molecule has 1 fully saturated rings. The average Bonchev–Trinajstić information content (AvgIpc) is 2.89. The fraction of sp³-hybridized carbons (Fsp3) is 0.667. The number of hydrogen-bond acceptors (Lipinski definition) is 6. The Labute approximate surface area is 107 Å². The Kier molecular flexibility index (Phi) is 4.19. The van der Waals surface area contributed by atoms with Crippen LogP contribution in [-0.4, -0.2) is 55.2 Å². The Morgan fingerprint density at radius 1 is 1.39 bits per heavy atom. The van der Waals surface area contributed by atoms with Gasteiger partial charge in [0, 0.05) is 26.2 Å². The van der Waals surface area contributed by atoms with Gasteiger partial charge in [-0.05, 0) is 13.5 Å². The van der Waals surface area contributed by atoms with E-state index in [9.17, 15) is 4.79 Å². The van der Waals surface area contributed by atoms with Gasteiger partial charge in [-0.3, -0.25) is 0 Å². The Balaban J connectivity index is 1.96. The van der Waals surface area contributed by atoms with E-state index in [1.807, 2.05) is 0 Å². The van der Waals surface area contributed by atoms with Gasteiger partial charge in [-0.1, -0.05) is 6.92 Å². The topological polar surface area (TPSA) is 58.8 Å². The van der Waals surface area contributed by atoms with Crippen molar-refractivity contribution in [1.29, 1.82) is 0 Å². The van der Waals surface area contributed by atoms with Crippen molar-refractivity contribution in [2.24, 2.45) is 0 Å². The molecule has 6 heteroatoms. The summed E-state index contributed by atoms with van der Waals surface area (Å²) in [6.45, 7) is 9.06. The van der Waals surface area contributed by atoms with Gasteiger partial charge >= 0.3 is 5.97 Å². The Morgan fingerprint density at radius 2 is 2.11 bits per heavy atom. The molecule has 0 N–H and O–H groups in total. The van der Waals surface area contributed by atoms with Crippen LogP contribution in [0.15, 0.2) is 10.7 Å². The second kappa shape index (κ2) is 5.86. The van der Waals surface area contributed by atoms with Gasteiger partial charge in [-0.15, -0.1) is 0 Å². The molecule has 0 unspecified atom stereocenters. The van der Waals surface area contributed by atoms with E-state index in [-0.39, 0.29) is 5.69 Å². The van der Waals surface area contributed by atoms with Crippen LogP contribution in [0.3, 0.4) is 0 Å². The summed E-state index contributed by atoms with van der Waals surface area (Å²) in [5.41, 5.74) is 0.241. The zero-order valence-electron chi connectivity index (χ0n) is 10.9. The van der Waals surface area contributed by atoms with Gasteiger partial charge < -0.3 is 19.0 Å². The second-order valence-electron chi connectivity index (χ2n) is 4.16. The van der Waals surface area contributed by atoms with Crippen molar-refractivity contribution in [1.82, 2.24) is 9.88 Å². The summed E-state index contributed by atoms with van der Waals surface area (Å²) >= 11 is 0. The maximum atomic E-state index is 11.5. The van der Waals surface area contributed by atoms with Gasteiger partial charge in [0.2, 0.25) is 0 Å². The number of carbonyl (C=O) groups is 1. The molecule has 18 heavy (non-hydrogen) atoms. The number of ether oxygens (including phenoxy) is 1. The molecule has 0 amide bonds. The summed E-state index contributed by atoms with van der Waals surface area (Å²) in [7, 11) is 0. The quantitative estimate of drug-likeness (QED) is 0.746. The fourth-order valence-electron chi connectivity index (χ4n) is 1.96. The Hall–Kier alpha value is -1.56. The minimum atomic E-state index is -0.431. The molecule has 6 nitrogen and oxygen atoms in total. The number of piperazine rings is 1. The first-order valence-electron chi connectivity index (χ1n) is 6.34. The van der Waals surface area contributed by atoms with E-state index < -0.39 is 5.97 Å². The van der Waals surface area contributed by atoms with E-state index in [1.54, 1.807) is 6.92 Å². The van der Waals surface area contributed by atoms with Gasteiger partial charge in [0.1, 0.15) is 6.26 Å². The Morgan fingerprint density at radius 3 is 2.72 bits per heavy atom. The molecule has 0 aromatic carbocycles. The van der Waals surface area contributed by atoms with Crippen molar-refractivity contribution >= 4 is 12.0 Å². The second-order valence-corrected chi connectivity index (χ2v) is 4.16. The smallest absolute Gasteiger partial charge is 0.360 e. The molecule has 2 heterocycles. The number of likely N-dealkylation sites (N-methyl/N-ethyl adjacent to an activating group) is 1. The number of aromatic nitrogens is 1. The molecule has 0 radical (unpaired) electrons. The van der Waals surface area contributed by atoms with Crippen LogP contribution in [0.2, 0.25) is 0 Å². The monoisotopic (exact) mass is 253 g/mol. The van der Waals surface area contributed by atoms with Crippen LogP contribution in [0, 0.1) is 0 Å². The van der Waals surface area contributed by atoms with Gasteiger partial charge in [0.05, 0.1) is 6.61 Å². The lowest BCUT2D eigenvalue weighted by Crippen LogP contribution is -2.46. The standard InChI is InChI=1S/C12H19N3O3/c1-3-14-5-7-15(8-6-14)12-13-10(9-18-12)11(16)17-4-2/h9H,3-8H2,1-2H3. The highest BCUT2D eigenvalue weighted by Crippen LogP contribution is 2.16. The number of hydrogen-bond donors (Lipinski definition) is 0. The van der Waals surface area contributed by atoms with Crippen LogP contribution >= 0.6 is 0 Å². The predicted octanol–water partition coefficient (Wildman–Crippen LogP) is 0.993. The first-order chi connectivity index (χ1) is 8.74. The van der Waals surface area contributed by atoms with E-state index >= 15 is 0 Å². The van der Waals surface area contributed by atoms with Crippen LogP contribution in [0.25, 0.3) is 0 Å². The zero-order chi connectivity index (χ0) is 13.0. The van der Waals surface area contributed by atoms with Crippen molar-refractivity contribution in [3.63, 3.8) is 0 Å². The van der Waals surface area contributed by atoms with Crippen molar-refractivity contribution in [3.8, 4) is 0 Å². The summed E-state index contributed by atoms with van der Waals surface area (Å²) in [4.78, 5) is 20.1. The van der Waals surface area contributed by atoms with Gasteiger partial charge in [0.25, 0.3) is 6.01 Å². The summed E-state index contributed by atoms with van der Waals surface area (Å²) in [5.74, 6) is -0.431. The van der Waals surface area contributed by atoms with E-state index in [2.05, 4.69) is 21.7 Å². The zero-order valence-corrected chi connectivity index (χ0v) is 10.9. The molecule has 0 atom stereocenters. The molecule has 1 aromatic rings. The maximum Gasteiger partial charge on any atom is 0.360 e.